The second-order valence-corrected chi connectivity index (χ2v) is 5.82. The Morgan fingerprint density at radius 1 is 1.45 bits per heavy atom. The molecule has 1 aromatic rings. The molecule has 1 amide bonds. The molecule has 1 fully saturated rings. The van der Waals surface area contributed by atoms with Crippen molar-refractivity contribution in [1.82, 2.24) is 4.90 Å². The van der Waals surface area contributed by atoms with Crippen LogP contribution in [0.25, 0.3) is 0 Å². The monoisotopic (exact) mass is 279 g/mol. The third-order valence-electron chi connectivity index (χ3n) is 3.96. The van der Waals surface area contributed by atoms with E-state index in [1.165, 1.54) is 6.26 Å². The number of rotatable bonds is 3. The number of nitrogens with zero attached hydrogens (tertiary/aromatic N) is 1. The number of hydrogen-bond acceptors (Lipinski definition) is 3. The Balaban J connectivity index is 2.11. The highest BCUT2D eigenvalue weighted by molar-refractivity contribution is 5.95. The van der Waals surface area contributed by atoms with Crippen LogP contribution in [-0.2, 0) is 4.79 Å². The number of carbonyl (C=O) groups excluding carboxylic acids is 1. The summed E-state index contributed by atoms with van der Waals surface area (Å²) in [6.45, 7) is 6.82. The Morgan fingerprint density at radius 3 is 2.70 bits per heavy atom. The van der Waals surface area contributed by atoms with Gasteiger partial charge in [-0.1, -0.05) is 20.8 Å². The average molecular weight is 279 g/mol. The van der Waals surface area contributed by atoms with E-state index in [4.69, 9.17) is 9.52 Å². The minimum absolute atomic E-state index is 0.0281. The standard InChI is InChI=1S/C15H21NO4/c1-9(2)13-12(5-7-20-13)14(17)16-6-4-11(15(18)19)10(3)8-16/h5,7,9-11H,4,6,8H2,1-3H3,(H,18,19). The summed E-state index contributed by atoms with van der Waals surface area (Å²) in [7, 11) is 0. The molecule has 2 heterocycles. The second kappa shape index (κ2) is 5.69. The summed E-state index contributed by atoms with van der Waals surface area (Å²) in [6.07, 6.45) is 2.05. The molecule has 20 heavy (non-hydrogen) atoms. The predicted octanol–water partition coefficient (Wildman–Crippen LogP) is 2.59. The van der Waals surface area contributed by atoms with Crippen LogP contribution in [0.1, 0.15) is 49.2 Å². The van der Waals surface area contributed by atoms with E-state index in [9.17, 15) is 9.59 Å². The smallest absolute Gasteiger partial charge is 0.306 e. The molecular formula is C15H21NO4. The van der Waals surface area contributed by atoms with Gasteiger partial charge >= 0.3 is 5.97 Å². The minimum Gasteiger partial charge on any atom is -0.481 e. The summed E-state index contributed by atoms with van der Waals surface area (Å²) in [5.74, 6) is -0.359. The Kier molecular flexibility index (Phi) is 4.16. The highest BCUT2D eigenvalue weighted by Gasteiger charge is 2.34. The molecule has 0 aromatic carbocycles. The van der Waals surface area contributed by atoms with Crippen molar-refractivity contribution in [2.24, 2.45) is 11.8 Å². The van der Waals surface area contributed by atoms with E-state index in [-0.39, 0.29) is 23.7 Å². The van der Waals surface area contributed by atoms with Crippen molar-refractivity contribution < 1.29 is 19.1 Å². The molecule has 1 aliphatic heterocycles. The van der Waals surface area contributed by atoms with Crippen molar-refractivity contribution in [3.05, 3.63) is 23.7 Å². The molecule has 5 nitrogen and oxygen atoms in total. The number of hydrogen-bond donors (Lipinski definition) is 1. The van der Waals surface area contributed by atoms with Gasteiger partial charge in [-0.2, -0.15) is 0 Å². The third-order valence-corrected chi connectivity index (χ3v) is 3.96. The maximum absolute atomic E-state index is 12.5. The normalized spacial score (nSPS) is 23.1. The van der Waals surface area contributed by atoms with Crippen LogP contribution in [0.4, 0.5) is 0 Å². The van der Waals surface area contributed by atoms with Crippen LogP contribution < -0.4 is 0 Å². The van der Waals surface area contributed by atoms with Crippen molar-refractivity contribution in [3.8, 4) is 0 Å². The van der Waals surface area contributed by atoms with Gasteiger partial charge in [-0.15, -0.1) is 0 Å². The maximum Gasteiger partial charge on any atom is 0.306 e. The van der Waals surface area contributed by atoms with Gasteiger partial charge in [0.1, 0.15) is 5.76 Å². The molecule has 1 N–H and O–H groups in total. The van der Waals surface area contributed by atoms with E-state index in [1.807, 2.05) is 20.8 Å². The zero-order valence-electron chi connectivity index (χ0n) is 12.1. The quantitative estimate of drug-likeness (QED) is 0.923. The van der Waals surface area contributed by atoms with Gasteiger partial charge in [0.05, 0.1) is 17.7 Å². The lowest BCUT2D eigenvalue weighted by Crippen LogP contribution is -2.45. The van der Waals surface area contributed by atoms with Gasteiger partial charge in [0.2, 0.25) is 0 Å². The molecule has 1 saturated heterocycles. The fourth-order valence-corrected chi connectivity index (χ4v) is 2.81. The van der Waals surface area contributed by atoms with Crippen LogP contribution in [0.15, 0.2) is 16.7 Å². The van der Waals surface area contributed by atoms with Crippen LogP contribution in [0, 0.1) is 11.8 Å². The Morgan fingerprint density at radius 2 is 2.15 bits per heavy atom. The molecule has 1 aromatic heterocycles. The SMILES string of the molecule is CC(C)c1occc1C(=O)N1CCC(C(=O)O)C(C)C1. The first kappa shape index (κ1) is 14.6. The van der Waals surface area contributed by atoms with Gasteiger partial charge in [-0.25, -0.2) is 0 Å². The van der Waals surface area contributed by atoms with Crippen molar-refractivity contribution >= 4 is 11.9 Å². The molecule has 0 aliphatic carbocycles. The third kappa shape index (κ3) is 2.71. The van der Waals surface area contributed by atoms with E-state index in [1.54, 1.807) is 11.0 Å². The van der Waals surface area contributed by atoms with Gasteiger partial charge in [0.25, 0.3) is 5.91 Å². The highest BCUT2D eigenvalue weighted by Crippen LogP contribution is 2.27. The zero-order chi connectivity index (χ0) is 14.9. The lowest BCUT2D eigenvalue weighted by atomic mass is 9.86. The summed E-state index contributed by atoms with van der Waals surface area (Å²) < 4.78 is 5.38. The summed E-state index contributed by atoms with van der Waals surface area (Å²) in [5, 5.41) is 9.12. The first-order valence-electron chi connectivity index (χ1n) is 7.01. The zero-order valence-corrected chi connectivity index (χ0v) is 12.1. The van der Waals surface area contributed by atoms with Gasteiger partial charge in [0, 0.05) is 19.0 Å². The van der Waals surface area contributed by atoms with Gasteiger partial charge in [0.15, 0.2) is 0 Å². The van der Waals surface area contributed by atoms with Crippen LogP contribution in [0.2, 0.25) is 0 Å². The second-order valence-electron chi connectivity index (χ2n) is 5.82. The van der Waals surface area contributed by atoms with Gasteiger partial charge in [-0.3, -0.25) is 9.59 Å². The molecule has 2 atom stereocenters. The summed E-state index contributed by atoms with van der Waals surface area (Å²) in [5.41, 5.74) is 0.598. The average Bonchev–Trinajstić information content (AvgIpc) is 2.86. The summed E-state index contributed by atoms with van der Waals surface area (Å²) in [6, 6.07) is 1.70. The van der Waals surface area contributed by atoms with Gasteiger partial charge in [-0.05, 0) is 18.4 Å². The molecule has 0 spiro atoms. The van der Waals surface area contributed by atoms with Crippen LogP contribution >= 0.6 is 0 Å². The molecule has 2 unspecified atom stereocenters. The predicted molar refractivity (Wildman–Crippen MR) is 73.6 cm³/mol. The number of carboxylic acids is 1. The Hall–Kier alpha value is -1.78. The molecule has 0 bridgehead atoms. The topological polar surface area (TPSA) is 70.8 Å². The molecule has 5 heteroatoms. The lowest BCUT2D eigenvalue weighted by molar-refractivity contribution is -0.145. The van der Waals surface area contributed by atoms with E-state index >= 15 is 0 Å². The lowest BCUT2D eigenvalue weighted by Gasteiger charge is -2.35. The number of carboxylic acid groups (broad SMARTS) is 1. The van der Waals surface area contributed by atoms with Crippen molar-refractivity contribution in [2.45, 2.75) is 33.1 Å². The maximum atomic E-state index is 12.5. The van der Waals surface area contributed by atoms with Crippen LogP contribution in [0.5, 0.6) is 0 Å². The molecule has 0 saturated carbocycles. The fraction of sp³-hybridized carbons (Fsp3) is 0.600. The van der Waals surface area contributed by atoms with E-state index in [0.29, 0.717) is 30.8 Å². The van der Waals surface area contributed by atoms with E-state index in [2.05, 4.69) is 0 Å². The first-order chi connectivity index (χ1) is 9.41. The van der Waals surface area contributed by atoms with E-state index in [0.717, 1.165) is 0 Å². The highest BCUT2D eigenvalue weighted by atomic mass is 16.4. The van der Waals surface area contributed by atoms with Crippen LogP contribution in [-0.4, -0.2) is 35.0 Å². The summed E-state index contributed by atoms with van der Waals surface area (Å²) >= 11 is 0. The van der Waals surface area contributed by atoms with Crippen molar-refractivity contribution in [2.75, 3.05) is 13.1 Å². The number of carbonyl (C=O) groups is 2. The number of piperidine rings is 1. The van der Waals surface area contributed by atoms with Gasteiger partial charge < -0.3 is 14.4 Å². The Bertz CT molecular complexity index is 506. The molecule has 0 radical (unpaired) electrons. The largest absolute Gasteiger partial charge is 0.481 e. The molecule has 1 aliphatic rings. The fourth-order valence-electron chi connectivity index (χ4n) is 2.81. The van der Waals surface area contributed by atoms with Crippen molar-refractivity contribution in [3.63, 3.8) is 0 Å². The van der Waals surface area contributed by atoms with Crippen molar-refractivity contribution in [1.29, 1.82) is 0 Å². The first-order valence-corrected chi connectivity index (χ1v) is 7.01. The van der Waals surface area contributed by atoms with Crippen LogP contribution in [0.3, 0.4) is 0 Å². The number of likely N-dealkylation sites (tertiary alicyclic amines) is 1. The summed E-state index contributed by atoms with van der Waals surface area (Å²) in [4.78, 5) is 25.4. The minimum atomic E-state index is -0.768. The molecule has 2 rings (SSSR count). The molecule has 110 valence electrons. The number of amides is 1. The van der Waals surface area contributed by atoms with E-state index < -0.39 is 5.97 Å². The number of furan rings is 1. The molecular weight excluding hydrogens is 258 g/mol. The number of aliphatic carboxylic acids is 1. The Labute approximate surface area is 118 Å².